The van der Waals surface area contributed by atoms with Crippen molar-refractivity contribution in [1.82, 2.24) is 4.98 Å². The summed E-state index contributed by atoms with van der Waals surface area (Å²) in [4.78, 5) is 4.32. The number of benzene rings is 1. The zero-order valence-electron chi connectivity index (χ0n) is 12.0. The van der Waals surface area contributed by atoms with E-state index >= 15 is 0 Å². The highest BCUT2D eigenvalue weighted by Crippen LogP contribution is 2.35. The standard InChI is InChI=1S/C17H19N3O/c18-12-17(19)8-1-4-14(17)7-10-21-15-6-5-13-3-2-9-20-16(13)11-15/h2-3,5-6,9,11,14H,1,4,7-8,10,19H2. The Bertz CT molecular complexity index is 679. The van der Waals surface area contributed by atoms with Crippen molar-refractivity contribution in [1.29, 1.82) is 5.26 Å². The minimum atomic E-state index is -0.658. The van der Waals surface area contributed by atoms with E-state index in [1.54, 1.807) is 6.20 Å². The molecule has 2 atom stereocenters. The maximum absolute atomic E-state index is 9.21. The van der Waals surface area contributed by atoms with Gasteiger partial charge in [0.15, 0.2) is 0 Å². The van der Waals surface area contributed by atoms with Crippen LogP contribution in [0.5, 0.6) is 5.75 Å². The van der Waals surface area contributed by atoms with Crippen molar-refractivity contribution in [3.05, 3.63) is 36.5 Å². The Morgan fingerprint density at radius 1 is 1.43 bits per heavy atom. The monoisotopic (exact) mass is 281 g/mol. The summed E-state index contributed by atoms with van der Waals surface area (Å²) in [5.41, 5.74) is 6.40. The molecule has 1 aliphatic carbocycles. The van der Waals surface area contributed by atoms with Crippen LogP contribution in [-0.2, 0) is 0 Å². The zero-order chi connectivity index (χ0) is 14.7. The second-order valence-corrected chi connectivity index (χ2v) is 5.74. The van der Waals surface area contributed by atoms with Crippen LogP contribution in [0.2, 0.25) is 0 Å². The molecule has 2 aromatic rings. The summed E-state index contributed by atoms with van der Waals surface area (Å²) in [6.07, 6.45) is 5.46. The number of nitriles is 1. The second kappa shape index (κ2) is 5.71. The highest BCUT2D eigenvalue weighted by Gasteiger charge is 2.39. The van der Waals surface area contributed by atoms with Crippen molar-refractivity contribution in [2.75, 3.05) is 6.61 Å². The van der Waals surface area contributed by atoms with E-state index in [1.165, 1.54) is 0 Å². The van der Waals surface area contributed by atoms with Gasteiger partial charge in [0.05, 0.1) is 18.2 Å². The van der Waals surface area contributed by atoms with Gasteiger partial charge in [0.2, 0.25) is 0 Å². The van der Waals surface area contributed by atoms with Crippen LogP contribution in [0.15, 0.2) is 36.5 Å². The van der Waals surface area contributed by atoms with Gasteiger partial charge in [-0.2, -0.15) is 5.26 Å². The van der Waals surface area contributed by atoms with Crippen LogP contribution in [-0.4, -0.2) is 17.1 Å². The Morgan fingerprint density at radius 3 is 3.19 bits per heavy atom. The quantitative estimate of drug-likeness (QED) is 0.935. The molecular formula is C17H19N3O. The summed E-state index contributed by atoms with van der Waals surface area (Å²) in [6, 6.07) is 12.1. The summed E-state index contributed by atoms with van der Waals surface area (Å²) in [5, 5.41) is 10.3. The minimum absolute atomic E-state index is 0.237. The molecule has 108 valence electrons. The van der Waals surface area contributed by atoms with Crippen LogP contribution in [0.25, 0.3) is 10.9 Å². The minimum Gasteiger partial charge on any atom is -0.494 e. The van der Waals surface area contributed by atoms with Gasteiger partial charge < -0.3 is 10.5 Å². The Balaban J connectivity index is 1.61. The summed E-state index contributed by atoms with van der Waals surface area (Å²) in [7, 11) is 0. The van der Waals surface area contributed by atoms with Gasteiger partial charge in [0.25, 0.3) is 0 Å². The Labute approximate surface area is 124 Å². The molecule has 1 aromatic heterocycles. The molecule has 0 spiro atoms. The number of ether oxygens (including phenoxy) is 1. The third kappa shape index (κ3) is 2.84. The first-order valence-electron chi connectivity index (χ1n) is 7.39. The lowest BCUT2D eigenvalue weighted by Gasteiger charge is -2.23. The van der Waals surface area contributed by atoms with Gasteiger partial charge in [-0.15, -0.1) is 0 Å². The maximum atomic E-state index is 9.21. The predicted octanol–water partition coefficient (Wildman–Crippen LogP) is 3.02. The maximum Gasteiger partial charge on any atom is 0.121 e. The Morgan fingerprint density at radius 2 is 2.33 bits per heavy atom. The molecule has 2 N–H and O–H groups in total. The topological polar surface area (TPSA) is 71.9 Å². The third-order valence-electron chi connectivity index (χ3n) is 4.39. The number of pyridine rings is 1. The molecule has 0 saturated heterocycles. The molecule has 1 aliphatic rings. The average Bonchev–Trinajstić information content (AvgIpc) is 2.89. The van der Waals surface area contributed by atoms with E-state index in [-0.39, 0.29) is 5.92 Å². The molecule has 1 heterocycles. The molecule has 0 radical (unpaired) electrons. The molecule has 3 rings (SSSR count). The normalized spacial score (nSPS) is 24.9. The van der Waals surface area contributed by atoms with Crippen molar-refractivity contribution in [3.63, 3.8) is 0 Å². The summed E-state index contributed by atoms with van der Waals surface area (Å²) in [6.45, 7) is 0.587. The highest BCUT2D eigenvalue weighted by molar-refractivity contribution is 5.79. The lowest BCUT2D eigenvalue weighted by Crippen LogP contribution is -2.42. The SMILES string of the molecule is N#CC1(N)CCCC1CCOc1ccc2cccnc2c1. The first-order chi connectivity index (χ1) is 10.2. The third-order valence-corrected chi connectivity index (χ3v) is 4.39. The molecule has 0 bridgehead atoms. The van der Waals surface area contributed by atoms with Crippen molar-refractivity contribution in [3.8, 4) is 11.8 Å². The highest BCUT2D eigenvalue weighted by atomic mass is 16.5. The van der Waals surface area contributed by atoms with Crippen molar-refractivity contribution >= 4 is 10.9 Å². The molecule has 21 heavy (non-hydrogen) atoms. The van der Waals surface area contributed by atoms with E-state index in [2.05, 4.69) is 11.1 Å². The first-order valence-corrected chi connectivity index (χ1v) is 7.39. The molecule has 1 fully saturated rings. The van der Waals surface area contributed by atoms with E-state index in [9.17, 15) is 5.26 Å². The first kappa shape index (κ1) is 13.8. The van der Waals surface area contributed by atoms with E-state index in [1.807, 2.05) is 30.3 Å². The van der Waals surface area contributed by atoms with Gasteiger partial charge in [-0.3, -0.25) is 4.98 Å². The number of nitrogens with zero attached hydrogens (tertiary/aromatic N) is 2. The predicted molar refractivity (Wildman–Crippen MR) is 81.7 cm³/mol. The molecule has 2 unspecified atom stereocenters. The average molecular weight is 281 g/mol. The number of fused-ring (bicyclic) bond motifs is 1. The van der Waals surface area contributed by atoms with Crippen molar-refractivity contribution in [2.24, 2.45) is 11.7 Å². The number of aromatic nitrogens is 1. The van der Waals surface area contributed by atoms with Gasteiger partial charge >= 0.3 is 0 Å². The Hall–Kier alpha value is -2.12. The van der Waals surface area contributed by atoms with Crippen LogP contribution in [0, 0.1) is 17.2 Å². The number of hydrogen-bond acceptors (Lipinski definition) is 4. The van der Waals surface area contributed by atoms with Crippen LogP contribution in [0.1, 0.15) is 25.7 Å². The van der Waals surface area contributed by atoms with Crippen LogP contribution >= 0.6 is 0 Å². The molecule has 4 heteroatoms. The summed E-state index contributed by atoms with van der Waals surface area (Å²) in [5.74, 6) is 1.06. The van der Waals surface area contributed by atoms with Crippen molar-refractivity contribution in [2.45, 2.75) is 31.2 Å². The summed E-state index contributed by atoms with van der Waals surface area (Å²) < 4.78 is 5.81. The zero-order valence-corrected chi connectivity index (χ0v) is 12.0. The van der Waals surface area contributed by atoms with E-state index < -0.39 is 5.54 Å². The van der Waals surface area contributed by atoms with E-state index in [0.717, 1.165) is 42.3 Å². The largest absolute Gasteiger partial charge is 0.494 e. The lowest BCUT2D eigenvalue weighted by atomic mass is 9.87. The fraction of sp³-hybridized carbons (Fsp3) is 0.412. The summed E-state index contributed by atoms with van der Waals surface area (Å²) >= 11 is 0. The van der Waals surface area contributed by atoms with Crippen molar-refractivity contribution < 1.29 is 4.74 Å². The lowest BCUT2D eigenvalue weighted by molar-refractivity contribution is 0.255. The van der Waals surface area contributed by atoms with Crippen LogP contribution < -0.4 is 10.5 Å². The van der Waals surface area contributed by atoms with E-state index in [0.29, 0.717) is 6.61 Å². The smallest absolute Gasteiger partial charge is 0.121 e. The van der Waals surface area contributed by atoms with Gasteiger partial charge in [-0.25, -0.2) is 0 Å². The number of nitrogens with two attached hydrogens (primary N) is 1. The second-order valence-electron chi connectivity index (χ2n) is 5.74. The van der Waals surface area contributed by atoms with Crippen LogP contribution in [0.3, 0.4) is 0 Å². The van der Waals surface area contributed by atoms with Gasteiger partial charge in [0, 0.05) is 17.6 Å². The molecular weight excluding hydrogens is 262 g/mol. The van der Waals surface area contributed by atoms with Gasteiger partial charge in [-0.05, 0) is 43.4 Å². The fourth-order valence-corrected chi connectivity index (χ4v) is 3.11. The van der Waals surface area contributed by atoms with E-state index in [4.69, 9.17) is 10.5 Å². The molecule has 0 aliphatic heterocycles. The molecule has 0 amide bonds. The number of hydrogen-bond donors (Lipinski definition) is 1. The fourth-order valence-electron chi connectivity index (χ4n) is 3.11. The number of rotatable bonds is 4. The van der Waals surface area contributed by atoms with Gasteiger partial charge in [0.1, 0.15) is 11.3 Å². The molecule has 1 saturated carbocycles. The van der Waals surface area contributed by atoms with Gasteiger partial charge in [-0.1, -0.05) is 12.5 Å². The van der Waals surface area contributed by atoms with Crippen LogP contribution in [0.4, 0.5) is 0 Å². The Kier molecular flexibility index (Phi) is 3.76. The molecule has 4 nitrogen and oxygen atoms in total. The molecule has 1 aromatic carbocycles.